The number of Topliss-reactive ketones (excluding diaryl/α,β-unsaturated/α-hetero) is 1. The molecule has 0 aromatic rings. The summed E-state index contributed by atoms with van der Waals surface area (Å²) in [6, 6.07) is 0. The van der Waals surface area contributed by atoms with Crippen molar-refractivity contribution in [1.29, 1.82) is 0 Å². The Labute approximate surface area is 59.6 Å². The van der Waals surface area contributed by atoms with E-state index in [-0.39, 0.29) is 0 Å². The van der Waals surface area contributed by atoms with Gasteiger partial charge in [-0.2, -0.15) is 0 Å². The lowest BCUT2D eigenvalue weighted by Gasteiger charge is -1.92. The maximum absolute atomic E-state index is 10.6. The Morgan fingerprint density at radius 3 is 2.40 bits per heavy atom. The Hall–Kier alpha value is -0.860. The molecule has 0 bridgehead atoms. The van der Waals surface area contributed by atoms with Crippen LogP contribution in [0.15, 0.2) is 0 Å². The number of hydrogen-bond donors (Lipinski definition) is 1. The number of ketones is 1. The van der Waals surface area contributed by atoms with Crippen LogP contribution in [0.4, 0.5) is 0 Å². The minimum atomic E-state index is -0.791. The molecule has 0 saturated heterocycles. The first-order chi connectivity index (χ1) is 4.70. The minimum Gasteiger partial charge on any atom is -0.363 e. The van der Waals surface area contributed by atoms with Gasteiger partial charge in [0, 0.05) is 6.42 Å². The molecule has 0 unspecified atom stereocenters. The first-order valence-corrected chi connectivity index (χ1v) is 3.53. The van der Waals surface area contributed by atoms with Crippen molar-refractivity contribution in [2.24, 2.45) is 11.7 Å². The largest absolute Gasteiger partial charge is 0.363 e. The van der Waals surface area contributed by atoms with Crippen LogP contribution in [0.5, 0.6) is 0 Å². The van der Waals surface area contributed by atoms with E-state index in [0.717, 1.165) is 6.42 Å². The van der Waals surface area contributed by atoms with Crippen LogP contribution in [0.25, 0.3) is 0 Å². The fraction of sp³-hybridized carbons (Fsp3) is 0.714. The lowest BCUT2D eigenvalue weighted by Crippen LogP contribution is -2.22. The van der Waals surface area contributed by atoms with Crippen molar-refractivity contribution >= 4 is 11.7 Å². The molecule has 3 nitrogen and oxygen atoms in total. The quantitative estimate of drug-likeness (QED) is 0.570. The third-order valence-electron chi connectivity index (χ3n) is 1.75. The van der Waals surface area contributed by atoms with Crippen LogP contribution in [0.3, 0.4) is 0 Å². The average molecular weight is 141 g/mol. The van der Waals surface area contributed by atoms with Crippen molar-refractivity contribution in [3.63, 3.8) is 0 Å². The molecule has 3 heteroatoms. The number of rotatable bonds is 4. The monoisotopic (exact) mass is 141 g/mol. The van der Waals surface area contributed by atoms with Crippen LogP contribution >= 0.6 is 0 Å². The molecule has 0 spiro atoms. The summed E-state index contributed by atoms with van der Waals surface area (Å²) in [6.45, 7) is 0. The number of hydrogen-bond acceptors (Lipinski definition) is 2. The molecular weight excluding hydrogens is 130 g/mol. The summed E-state index contributed by atoms with van der Waals surface area (Å²) in [5.41, 5.74) is 4.75. The summed E-state index contributed by atoms with van der Waals surface area (Å²) in [4.78, 5) is 20.8. The van der Waals surface area contributed by atoms with Crippen LogP contribution in [-0.2, 0) is 9.59 Å². The maximum Gasteiger partial charge on any atom is 0.284 e. The van der Waals surface area contributed by atoms with E-state index < -0.39 is 11.7 Å². The van der Waals surface area contributed by atoms with Crippen molar-refractivity contribution in [3.8, 4) is 0 Å². The Bertz CT molecular complexity index is 161. The van der Waals surface area contributed by atoms with Crippen LogP contribution in [0.1, 0.15) is 25.7 Å². The van der Waals surface area contributed by atoms with Gasteiger partial charge in [-0.15, -0.1) is 0 Å². The van der Waals surface area contributed by atoms with Crippen molar-refractivity contribution in [3.05, 3.63) is 0 Å². The van der Waals surface area contributed by atoms with Crippen molar-refractivity contribution in [1.82, 2.24) is 0 Å². The number of primary amides is 1. The zero-order valence-corrected chi connectivity index (χ0v) is 5.80. The molecular formula is C7H11NO2. The van der Waals surface area contributed by atoms with Gasteiger partial charge in [0.2, 0.25) is 5.78 Å². The van der Waals surface area contributed by atoms with Gasteiger partial charge in [0.05, 0.1) is 0 Å². The molecule has 0 radical (unpaired) electrons. The molecule has 0 atom stereocenters. The molecule has 56 valence electrons. The molecule has 2 N–H and O–H groups in total. The molecule has 0 aromatic heterocycles. The zero-order valence-electron chi connectivity index (χ0n) is 5.80. The van der Waals surface area contributed by atoms with Gasteiger partial charge in [0.1, 0.15) is 0 Å². The summed E-state index contributed by atoms with van der Waals surface area (Å²) in [7, 11) is 0. The van der Waals surface area contributed by atoms with E-state index in [4.69, 9.17) is 5.73 Å². The second kappa shape index (κ2) is 2.82. The number of amides is 1. The second-order valence-corrected chi connectivity index (χ2v) is 2.77. The SMILES string of the molecule is NC(=O)C(=O)CCC1CC1. The molecule has 1 aliphatic rings. The highest BCUT2D eigenvalue weighted by Gasteiger charge is 2.22. The Morgan fingerprint density at radius 1 is 1.40 bits per heavy atom. The highest BCUT2D eigenvalue weighted by molar-refractivity contribution is 6.35. The van der Waals surface area contributed by atoms with Gasteiger partial charge in [0.15, 0.2) is 0 Å². The van der Waals surface area contributed by atoms with E-state index in [2.05, 4.69) is 0 Å². The molecule has 0 aliphatic heterocycles. The molecule has 1 aliphatic carbocycles. The lowest BCUT2D eigenvalue weighted by atomic mass is 10.1. The third-order valence-corrected chi connectivity index (χ3v) is 1.75. The van der Waals surface area contributed by atoms with Gasteiger partial charge in [-0.25, -0.2) is 0 Å². The maximum atomic E-state index is 10.6. The highest BCUT2D eigenvalue weighted by atomic mass is 16.2. The predicted molar refractivity (Wildman–Crippen MR) is 36.2 cm³/mol. The smallest absolute Gasteiger partial charge is 0.284 e. The number of nitrogens with two attached hydrogens (primary N) is 1. The van der Waals surface area contributed by atoms with Gasteiger partial charge >= 0.3 is 0 Å². The van der Waals surface area contributed by atoms with Crippen LogP contribution in [0, 0.1) is 5.92 Å². The molecule has 10 heavy (non-hydrogen) atoms. The average Bonchev–Trinajstić information content (AvgIpc) is 2.64. The molecule has 1 rings (SSSR count). The summed E-state index contributed by atoms with van der Waals surface area (Å²) in [6.07, 6.45) is 3.62. The van der Waals surface area contributed by atoms with E-state index in [1.165, 1.54) is 12.8 Å². The number of carbonyl (C=O) groups excluding carboxylic acids is 2. The minimum absolute atomic E-state index is 0.347. The van der Waals surface area contributed by atoms with Crippen molar-refractivity contribution in [2.75, 3.05) is 0 Å². The summed E-state index contributed by atoms with van der Waals surface area (Å²) >= 11 is 0. The van der Waals surface area contributed by atoms with Crippen molar-refractivity contribution < 1.29 is 9.59 Å². The molecule has 0 heterocycles. The normalized spacial score (nSPS) is 16.8. The van der Waals surface area contributed by atoms with Gasteiger partial charge < -0.3 is 5.73 Å². The number of carbonyl (C=O) groups is 2. The van der Waals surface area contributed by atoms with Gasteiger partial charge in [-0.1, -0.05) is 12.8 Å². The van der Waals surface area contributed by atoms with Gasteiger partial charge in [-0.3, -0.25) is 9.59 Å². The first kappa shape index (κ1) is 7.25. The van der Waals surface area contributed by atoms with E-state index >= 15 is 0 Å². The summed E-state index contributed by atoms with van der Waals surface area (Å²) in [5.74, 6) is -0.518. The van der Waals surface area contributed by atoms with Gasteiger partial charge in [-0.05, 0) is 12.3 Å². The fourth-order valence-electron chi connectivity index (χ4n) is 0.865. The second-order valence-electron chi connectivity index (χ2n) is 2.77. The predicted octanol–water partition coefficient (Wildman–Crippen LogP) is 0.231. The van der Waals surface area contributed by atoms with Gasteiger partial charge in [0.25, 0.3) is 5.91 Å². The van der Waals surface area contributed by atoms with E-state index in [1.54, 1.807) is 0 Å². The molecule has 1 amide bonds. The Balaban J connectivity index is 2.11. The summed E-state index contributed by atoms with van der Waals surface area (Å²) in [5, 5.41) is 0. The van der Waals surface area contributed by atoms with Crippen molar-refractivity contribution in [2.45, 2.75) is 25.7 Å². The Morgan fingerprint density at radius 2 is 2.00 bits per heavy atom. The third kappa shape index (κ3) is 2.17. The molecule has 0 aromatic carbocycles. The van der Waals surface area contributed by atoms with Crippen LogP contribution < -0.4 is 5.73 Å². The first-order valence-electron chi connectivity index (χ1n) is 3.53. The highest BCUT2D eigenvalue weighted by Crippen LogP contribution is 2.33. The van der Waals surface area contributed by atoms with E-state index in [1.807, 2.05) is 0 Å². The summed E-state index contributed by atoms with van der Waals surface area (Å²) < 4.78 is 0. The Kier molecular flexibility index (Phi) is 2.04. The fourth-order valence-corrected chi connectivity index (χ4v) is 0.865. The van der Waals surface area contributed by atoms with E-state index in [9.17, 15) is 9.59 Å². The molecule has 1 fully saturated rings. The molecule has 1 saturated carbocycles. The zero-order chi connectivity index (χ0) is 7.56. The van der Waals surface area contributed by atoms with Crippen LogP contribution in [0.2, 0.25) is 0 Å². The standard InChI is InChI=1S/C7H11NO2/c8-7(10)6(9)4-3-5-1-2-5/h5H,1-4H2,(H2,8,10). The van der Waals surface area contributed by atoms with Crippen LogP contribution in [-0.4, -0.2) is 11.7 Å². The lowest BCUT2D eigenvalue weighted by molar-refractivity contribution is -0.136. The van der Waals surface area contributed by atoms with E-state index in [0.29, 0.717) is 12.3 Å². The topological polar surface area (TPSA) is 60.2 Å².